The van der Waals surface area contributed by atoms with Crippen molar-refractivity contribution < 1.29 is 0 Å². The first-order chi connectivity index (χ1) is 6.58. The van der Waals surface area contributed by atoms with Gasteiger partial charge in [-0.2, -0.15) is 0 Å². The van der Waals surface area contributed by atoms with Crippen molar-refractivity contribution in [2.75, 3.05) is 11.1 Å². The highest BCUT2D eigenvalue weighted by atomic mass is 15.1. The van der Waals surface area contributed by atoms with Crippen LogP contribution in [0.4, 0.5) is 11.6 Å². The summed E-state index contributed by atoms with van der Waals surface area (Å²) < 4.78 is 0. The molecule has 14 heavy (non-hydrogen) atoms. The predicted octanol–water partition coefficient (Wildman–Crippen LogP) is 1.66. The minimum Gasteiger partial charge on any atom is -0.396 e. The molecule has 0 saturated heterocycles. The number of aromatic nitrogens is 2. The molecule has 1 fully saturated rings. The smallest absolute Gasteiger partial charge is 0.222 e. The van der Waals surface area contributed by atoms with Crippen molar-refractivity contribution in [3.05, 3.63) is 12.4 Å². The number of nitrogens with one attached hydrogen (secondary N) is 1. The van der Waals surface area contributed by atoms with Gasteiger partial charge in [-0.25, -0.2) is 9.97 Å². The van der Waals surface area contributed by atoms with Crippen LogP contribution in [0, 0.1) is 5.41 Å². The van der Waals surface area contributed by atoms with E-state index >= 15 is 0 Å². The van der Waals surface area contributed by atoms with Gasteiger partial charge in [0.2, 0.25) is 5.95 Å². The van der Waals surface area contributed by atoms with Crippen LogP contribution < -0.4 is 11.1 Å². The van der Waals surface area contributed by atoms with Gasteiger partial charge in [0.1, 0.15) is 0 Å². The number of nitrogens with two attached hydrogens (primary N) is 1. The van der Waals surface area contributed by atoms with Crippen molar-refractivity contribution in [3.8, 4) is 0 Å². The predicted molar refractivity (Wildman–Crippen MR) is 56.9 cm³/mol. The lowest BCUT2D eigenvalue weighted by molar-refractivity contribution is 0.159. The van der Waals surface area contributed by atoms with E-state index < -0.39 is 0 Å². The number of nitrogens with zero attached hydrogens (tertiary/aromatic N) is 2. The van der Waals surface area contributed by atoms with Gasteiger partial charge in [0.15, 0.2) is 0 Å². The molecule has 0 aliphatic heterocycles. The Labute approximate surface area is 83.9 Å². The van der Waals surface area contributed by atoms with Crippen LogP contribution in [-0.2, 0) is 0 Å². The second kappa shape index (κ2) is 3.12. The molecular formula is C10H16N4. The van der Waals surface area contributed by atoms with Crippen LogP contribution in [-0.4, -0.2) is 16.0 Å². The van der Waals surface area contributed by atoms with Crippen LogP contribution >= 0.6 is 0 Å². The Kier molecular flexibility index (Phi) is 2.06. The van der Waals surface area contributed by atoms with Crippen LogP contribution in [0.5, 0.6) is 0 Å². The molecule has 4 nitrogen and oxygen atoms in total. The van der Waals surface area contributed by atoms with Gasteiger partial charge in [0.25, 0.3) is 0 Å². The van der Waals surface area contributed by atoms with Gasteiger partial charge >= 0.3 is 0 Å². The lowest BCUT2D eigenvalue weighted by Gasteiger charge is -2.44. The van der Waals surface area contributed by atoms with E-state index in [0.29, 0.717) is 23.1 Å². The lowest BCUT2D eigenvalue weighted by atomic mass is 9.67. The molecule has 76 valence electrons. The van der Waals surface area contributed by atoms with Crippen LogP contribution in [0.25, 0.3) is 0 Å². The molecule has 1 heterocycles. The Morgan fingerprint density at radius 1 is 1.43 bits per heavy atom. The molecule has 1 aromatic heterocycles. The Morgan fingerprint density at radius 3 is 2.50 bits per heavy atom. The number of rotatable bonds is 2. The summed E-state index contributed by atoms with van der Waals surface area (Å²) in [6.45, 7) is 4.51. The average molecular weight is 192 g/mol. The van der Waals surface area contributed by atoms with Gasteiger partial charge in [0, 0.05) is 6.04 Å². The topological polar surface area (TPSA) is 63.8 Å². The Bertz CT molecular complexity index is 317. The van der Waals surface area contributed by atoms with Crippen molar-refractivity contribution in [3.63, 3.8) is 0 Å². The number of hydrogen-bond donors (Lipinski definition) is 2. The van der Waals surface area contributed by atoms with E-state index in [2.05, 4.69) is 29.1 Å². The van der Waals surface area contributed by atoms with E-state index in [4.69, 9.17) is 5.73 Å². The fraction of sp³-hybridized carbons (Fsp3) is 0.600. The summed E-state index contributed by atoms with van der Waals surface area (Å²) in [5, 5.41) is 3.32. The summed E-state index contributed by atoms with van der Waals surface area (Å²) in [7, 11) is 0. The van der Waals surface area contributed by atoms with E-state index in [9.17, 15) is 0 Å². The van der Waals surface area contributed by atoms with Crippen LogP contribution in [0.3, 0.4) is 0 Å². The van der Waals surface area contributed by atoms with Crippen molar-refractivity contribution in [2.45, 2.75) is 32.7 Å². The van der Waals surface area contributed by atoms with Crippen molar-refractivity contribution >= 4 is 11.6 Å². The van der Waals surface area contributed by atoms with Gasteiger partial charge < -0.3 is 11.1 Å². The molecule has 2 rings (SSSR count). The van der Waals surface area contributed by atoms with Gasteiger partial charge in [-0.3, -0.25) is 0 Å². The van der Waals surface area contributed by atoms with Gasteiger partial charge in [-0.1, -0.05) is 13.8 Å². The highest BCUT2D eigenvalue weighted by molar-refractivity contribution is 5.37. The highest BCUT2D eigenvalue weighted by Crippen LogP contribution is 2.41. The molecule has 0 bridgehead atoms. The standard InChI is InChI=1S/C10H16N4/c1-10(2)4-3-8(10)14-9-12-5-7(11)6-13-9/h5-6,8H,3-4,11H2,1-2H3,(H,12,13,14). The molecule has 1 atom stereocenters. The Morgan fingerprint density at radius 2 is 2.07 bits per heavy atom. The largest absolute Gasteiger partial charge is 0.396 e. The first-order valence-corrected chi connectivity index (χ1v) is 4.92. The second-order valence-electron chi connectivity index (χ2n) is 4.56. The average Bonchev–Trinajstić information content (AvgIpc) is 2.15. The van der Waals surface area contributed by atoms with E-state index in [-0.39, 0.29) is 0 Å². The quantitative estimate of drug-likeness (QED) is 0.748. The summed E-state index contributed by atoms with van der Waals surface area (Å²) in [5.74, 6) is 0.678. The molecule has 3 N–H and O–H groups in total. The van der Waals surface area contributed by atoms with E-state index in [1.807, 2.05) is 0 Å². The van der Waals surface area contributed by atoms with Gasteiger partial charge in [0.05, 0.1) is 18.1 Å². The molecule has 0 aromatic carbocycles. The SMILES string of the molecule is CC1(C)CCC1Nc1ncc(N)cn1. The van der Waals surface area contributed by atoms with Crippen LogP contribution in [0.15, 0.2) is 12.4 Å². The fourth-order valence-electron chi connectivity index (χ4n) is 1.70. The number of anilines is 2. The molecule has 1 unspecified atom stereocenters. The lowest BCUT2D eigenvalue weighted by Crippen LogP contribution is -2.45. The zero-order valence-electron chi connectivity index (χ0n) is 8.62. The minimum atomic E-state index is 0.366. The molecule has 1 aliphatic rings. The molecule has 1 aliphatic carbocycles. The molecule has 1 aromatic rings. The van der Waals surface area contributed by atoms with Crippen molar-refractivity contribution in [2.24, 2.45) is 5.41 Å². The summed E-state index contributed by atoms with van der Waals surface area (Å²) in [6.07, 6.45) is 5.71. The summed E-state index contributed by atoms with van der Waals surface area (Å²) >= 11 is 0. The first-order valence-electron chi connectivity index (χ1n) is 4.92. The summed E-state index contributed by atoms with van der Waals surface area (Å²) in [6, 6.07) is 0.492. The Hall–Kier alpha value is -1.32. The van der Waals surface area contributed by atoms with Crippen molar-refractivity contribution in [1.29, 1.82) is 0 Å². The minimum absolute atomic E-state index is 0.366. The first kappa shape index (κ1) is 9.24. The molecule has 4 heteroatoms. The van der Waals surface area contributed by atoms with E-state index in [0.717, 1.165) is 0 Å². The molecule has 1 saturated carbocycles. The molecule has 0 radical (unpaired) electrons. The maximum Gasteiger partial charge on any atom is 0.222 e. The molecular weight excluding hydrogens is 176 g/mol. The summed E-state index contributed by atoms with van der Waals surface area (Å²) in [4.78, 5) is 8.24. The monoisotopic (exact) mass is 192 g/mol. The fourth-order valence-corrected chi connectivity index (χ4v) is 1.70. The Balaban J connectivity index is 2.01. The second-order valence-corrected chi connectivity index (χ2v) is 4.56. The van der Waals surface area contributed by atoms with Crippen LogP contribution in [0.2, 0.25) is 0 Å². The maximum atomic E-state index is 5.50. The molecule has 0 spiro atoms. The normalized spacial score (nSPS) is 24.0. The number of nitrogen functional groups attached to an aromatic ring is 1. The number of hydrogen-bond acceptors (Lipinski definition) is 4. The third-order valence-electron chi connectivity index (χ3n) is 3.00. The zero-order valence-corrected chi connectivity index (χ0v) is 8.62. The third-order valence-corrected chi connectivity index (χ3v) is 3.00. The zero-order chi connectivity index (χ0) is 10.2. The summed E-state index contributed by atoms with van der Waals surface area (Å²) in [5.41, 5.74) is 6.47. The van der Waals surface area contributed by atoms with E-state index in [1.165, 1.54) is 12.8 Å². The van der Waals surface area contributed by atoms with Crippen LogP contribution in [0.1, 0.15) is 26.7 Å². The van der Waals surface area contributed by atoms with E-state index in [1.54, 1.807) is 12.4 Å². The van der Waals surface area contributed by atoms with Gasteiger partial charge in [-0.05, 0) is 18.3 Å². The van der Waals surface area contributed by atoms with Crippen molar-refractivity contribution in [1.82, 2.24) is 9.97 Å². The molecule has 0 amide bonds. The highest BCUT2D eigenvalue weighted by Gasteiger charge is 2.38. The maximum absolute atomic E-state index is 5.50. The third kappa shape index (κ3) is 1.64. The van der Waals surface area contributed by atoms with Gasteiger partial charge in [-0.15, -0.1) is 0 Å².